The van der Waals surface area contributed by atoms with Crippen LogP contribution in [0.25, 0.3) is 0 Å². The average Bonchev–Trinajstić information content (AvgIpc) is 3.15. The van der Waals surface area contributed by atoms with Crippen LogP contribution in [0.1, 0.15) is 42.3 Å². The number of aromatic nitrogens is 2. The molecule has 2 amide bonds. The summed E-state index contributed by atoms with van der Waals surface area (Å²) in [6.07, 6.45) is 3.67. The van der Waals surface area contributed by atoms with E-state index in [1.807, 2.05) is 16.7 Å². The molecule has 7 heteroatoms. The fraction of sp³-hybridized carbons (Fsp3) is 0.667. The van der Waals surface area contributed by atoms with E-state index in [0.717, 1.165) is 35.9 Å². The molecule has 1 aliphatic carbocycles. The second-order valence-corrected chi connectivity index (χ2v) is 7.35. The zero-order valence-corrected chi connectivity index (χ0v) is 14.8. The van der Waals surface area contributed by atoms with Crippen LogP contribution >= 0.6 is 0 Å². The zero-order chi connectivity index (χ0) is 17.6. The van der Waals surface area contributed by atoms with Crippen LogP contribution in [0.3, 0.4) is 0 Å². The third-order valence-corrected chi connectivity index (χ3v) is 5.41. The summed E-state index contributed by atoms with van der Waals surface area (Å²) in [4.78, 5) is 37.5. The molecule has 0 N–H and O–H groups in total. The molecule has 2 aliphatic heterocycles. The maximum absolute atomic E-state index is 12.4. The third kappa shape index (κ3) is 3.13. The lowest BCUT2D eigenvalue weighted by Crippen LogP contribution is -2.31. The first-order valence-electron chi connectivity index (χ1n) is 9.01. The van der Waals surface area contributed by atoms with E-state index >= 15 is 0 Å². The van der Waals surface area contributed by atoms with Crippen molar-refractivity contribution in [3.05, 3.63) is 17.1 Å². The maximum Gasteiger partial charge on any atom is 0.248 e. The normalized spacial score (nSPS) is 22.6. The molecule has 1 saturated heterocycles. The van der Waals surface area contributed by atoms with Gasteiger partial charge in [-0.2, -0.15) is 0 Å². The largest absolute Gasteiger partial charge is 0.375 e. The second kappa shape index (κ2) is 6.37. The smallest absolute Gasteiger partial charge is 0.248 e. The number of aryl methyl sites for hydroxylation is 1. The molecule has 25 heavy (non-hydrogen) atoms. The van der Waals surface area contributed by atoms with Gasteiger partial charge in [0.2, 0.25) is 11.8 Å². The van der Waals surface area contributed by atoms with Crippen LogP contribution in [0.2, 0.25) is 0 Å². The van der Waals surface area contributed by atoms with Crippen molar-refractivity contribution in [1.29, 1.82) is 0 Å². The number of fused-ring (bicyclic) bond motifs is 1. The molecule has 3 aliphatic rings. The minimum absolute atomic E-state index is 0.00780. The molecule has 0 aromatic carbocycles. The van der Waals surface area contributed by atoms with Crippen LogP contribution in [0.5, 0.6) is 0 Å². The van der Waals surface area contributed by atoms with Crippen LogP contribution in [-0.4, -0.2) is 60.0 Å². The molecule has 7 nitrogen and oxygen atoms in total. The molecule has 0 bridgehead atoms. The predicted octanol–water partition coefficient (Wildman–Crippen LogP) is 1.05. The molecule has 134 valence electrons. The number of anilines is 1. The molecule has 0 unspecified atom stereocenters. The Labute approximate surface area is 147 Å². The molecule has 1 aromatic rings. The van der Waals surface area contributed by atoms with Crippen molar-refractivity contribution < 1.29 is 14.3 Å². The second-order valence-electron chi connectivity index (χ2n) is 7.35. The lowest BCUT2D eigenvalue weighted by molar-refractivity contribution is -0.134. The highest BCUT2D eigenvalue weighted by Gasteiger charge is 2.37. The highest BCUT2D eigenvalue weighted by molar-refractivity contribution is 6.00. The van der Waals surface area contributed by atoms with Crippen molar-refractivity contribution in [3.63, 3.8) is 0 Å². The first kappa shape index (κ1) is 16.4. The Hall–Kier alpha value is -2.02. The molecule has 1 aromatic heterocycles. The standard InChI is InChI=1S/C18H24N4O3/c1-11-14-7-15(23)22(8-12-3-4-12)18(14)20-17(19-11)13-5-6-21(9-13)16(24)10-25-2/h12-13H,3-10H2,1-2H3/t13-/m0/s1. The number of methoxy groups -OCH3 is 1. The number of amides is 2. The van der Waals surface area contributed by atoms with Crippen LogP contribution in [-0.2, 0) is 20.7 Å². The van der Waals surface area contributed by atoms with Crippen LogP contribution in [0.15, 0.2) is 0 Å². The van der Waals surface area contributed by atoms with Gasteiger partial charge in [0.25, 0.3) is 0 Å². The molecule has 4 rings (SSSR count). The van der Waals surface area contributed by atoms with Crippen molar-refractivity contribution in [2.24, 2.45) is 5.92 Å². The molecular weight excluding hydrogens is 320 g/mol. The maximum atomic E-state index is 12.4. The Kier molecular flexibility index (Phi) is 4.19. The number of hydrogen-bond donors (Lipinski definition) is 0. The molecule has 0 spiro atoms. The van der Waals surface area contributed by atoms with E-state index in [9.17, 15) is 9.59 Å². The Morgan fingerprint density at radius 2 is 2.08 bits per heavy atom. The van der Waals surface area contributed by atoms with Gasteiger partial charge in [-0.15, -0.1) is 0 Å². The predicted molar refractivity (Wildman–Crippen MR) is 91.4 cm³/mol. The summed E-state index contributed by atoms with van der Waals surface area (Å²) in [5.74, 6) is 2.47. The van der Waals surface area contributed by atoms with E-state index in [4.69, 9.17) is 9.72 Å². The molecule has 1 atom stereocenters. The Bertz CT molecular complexity index is 717. The van der Waals surface area contributed by atoms with E-state index in [2.05, 4.69) is 4.98 Å². The topological polar surface area (TPSA) is 75.6 Å². The van der Waals surface area contributed by atoms with Crippen LogP contribution < -0.4 is 4.90 Å². The summed E-state index contributed by atoms with van der Waals surface area (Å²) in [5, 5.41) is 0. The highest BCUT2D eigenvalue weighted by Crippen LogP contribution is 2.37. The summed E-state index contributed by atoms with van der Waals surface area (Å²) in [6, 6.07) is 0. The minimum Gasteiger partial charge on any atom is -0.375 e. The third-order valence-electron chi connectivity index (χ3n) is 5.41. The fourth-order valence-electron chi connectivity index (χ4n) is 3.74. The molecule has 3 heterocycles. The number of ether oxygens (including phenoxy) is 1. The van der Waals surface area contributed by atoms with Gasteiger partial charge in [-0.1, -0.05) is 0 Å². The number of rotatable bonds is 5. The quantitative estimate of drug-likeness (QED) is 0.798. The van der Waals surface area contributed by atoms with E-state index in [1.165, 1.54) is 20.0 Å². The van der Waals surface area contributed by atoms with Gasteiger partial charge in [-0.05, 0) is 32.1 Å². The first-order valence-corrected chi connectivity index (χ1v) is 9.01. The summed E-state index contributed by atoms with van der Waals surface area (Å²) >= 11 is 0. The van der Waals surface area contributed by atoms with E-state index < -0.39 is 0 Å². The number of nitrogens with zero attached hydrogens (tertiary/aromatic N) is 4. The van der Waals surface area contributed by atoms with Crippen molar-refractivity contribution in [2.75, 3.05) is 38.3 Å². The van der Waals surface area contributed by atoms with Crippen molar-refractivity contribution in [3.8, 4) is 0 Å². The summed E-state index contributed by atoms with van der Waals surface area (Å²) in [6.45, 7) is 4.18. The lowest BCUT2D eigenvalue weighted by atomic mass is 10.1. The number of carbonyl (C=O) groups excluding carboxylic acids is 2. The van der Waals surface area contributed by atoms with E-state index in [1.54, 1.807) is 0 Å². The summed E-state index contributed by atoms with van der Waals surface area (Å²) in [7, 11) is 1.53. The van der Waals surface area contributed by atoms with Crippen molar-refractivity contribution in [1.82, 2.24) is 14.9 Å². The SMILES string of the molecule is COCC(=O)N1CC[C@H](c2nc(C)c3c(n2)N(CC2CC2)C(=O)C3)C1. The van der Waals surface area contributed by atoms with Crippen LogP contribution in [0, 0.1) is 12.8 Å². The molecule has 2 fully saturated rings. The zero-order valence-electron chi connectivity index (χ0n) is 14.8. The van der Waals surface area contributed by atoms with Crippen molar-refractivity contribution in [2.45, 2.75) is 38.5 Å². The average molecular weight is 344 g/mol. The van der Waals surface area contributed by atoms with Gasteiger partial charge in [0.05, 0.1) is 6.42 Å². The van der Waals surface area contributed by atoms with Crippen LogP contribution in [0.4, 0.5) is 5.82 Å². The molecule has 0 radical (unpaired) electrons. The fourth-order valence-corrected chi connectivity index (χ4v) is 3.74. The van der Waals surface area contributed by atoms with Gasteiger partial charge in [-0.25, -0.2) is 9.97 Å². The van der Waals surface area contributed by atoms with Gasteiger partial charge in [0.15, 0.2) is 0 Å². The van der Waals surface area contributed by atoms with Gasteiger partial charge >= 0.3 is 0 Å². The Morgan fingerprint density at radius 1 is 1.28 bits per heavy atom. The minimum atomic E-state index is 0.00780. The monoisotopic (exact) mass is 344 g/mol. The van der Waals surface area contributed by atoms with E-state index in [-0.39, 0.29) is 24.3 Å². The van der Waals surface area contributed by atoms with Gasteiger partial charge < -0.3 is 9.64 Å². The van der Waals surface area contributed by atoms with Crippen molar-refractivity contribution >= 4 is 17.6 Å². The number of hydrogen-bond acceptors (Lipinski definition) is 5. The lowest BCUT2D eigenvalue weighted by Gasteiger charge is -2.19. The van der Waals surface area contributed by atoms with Gasteiger partial charge in [-0.3, -0.25) is 14.5 Å². The number of likely N-dealkylation sites (tertiary alicyclic amines) is 1. The van der Waals surface area contributed by atoms with Gasteiger partial charge in [0, 0.05) is 43.9 Å². The Balaban J connectivity index is 1.56. The summed E-state index contributed by atoms with van der Waals surface area (Å²) in [5.41, 5.74) is 1.87. The number of carbonyl (C=O) groups is 2. The molecular formula is C18H24N4O3. The van der Waals surface area contributed by atoms with E-state index in [0.29, 0.717) is 25.4 Å². The van der Waals surface area contributed by atoms with Gasteiger partial charge in [0.1, 0.15) is 18.2 Å². The highest BCUT2D eigenvalue weighted by atomic mass is 16.5. The Morgan fingerprint density at radius 3 is 2.80 bits per heavy atom. The first-order chi connectivity index (χ1) is 12.1. The summed E-state index contributed by atoms with van der Waals surface area (Å²) < 4.78 is 4.94. The molecule has 1 saturated carbocycles.